The minimum absolute atomic E-state index is 0.0345. The second-order valence-corrected chi connectivity index (χ2v) is 14.9. The highest BCUT2D eigenvalue weighted by atomic mass is 16.5. The zero-order valence-electron chi connectivity index (χ0n) is 27.7. The van der Waals surface area contributed by atoms with Crippen molar-refractivity contribution in [3.05, 3.63) is 11.6 Å². The van der Waals surface area contributed by atoms with Crippen molar-refractivity contribution in [1.29, 1.82) is 0 Å². The number of nitrogens with one attached hydrogen (secondary N) is 1. The van der Waals surface area contributed by atoms with Crippen LogP contribution in [0.4, 0.5) is 0 Å². The van der Waals surface area contributed by atoms with Crippen molar-refractivity contribution in [2.45, 2.75) is 86.0 Å². The van der Waals surface area contributed by atoms with Gasteiger partial charge < -0.3 is 19.7 Å². The Bertz CT molecular complexity index is 1310. The van der Waals surface area contributed by atoms with Crippen LogP contribution in [0.3, 0.4) is 0 Å². The van der Waals surface area contributed by atoms with Crippen molar-refractivity contribution in [1.82, 2.24) is 10.2 Å². The van der Waals surface area contributed by atoms with Crippen molar-refractivity contribution in [3.8, 4) is 0 Å². The number of esters is 2. The summed E-state index contributed by atoms with van der Waals surface area (Å²) in [6.45, 7) is 9.40. The summed E-state index contributed by atoms with van der Waals surface area (Å²) in [6, 6.07) is 0. The number of ether oxygens (including phenoxy) is 2. The van der Waals surface area contributed by atoms with E-state index in [-0.39, 0.29) is 78.7 Å². The summed E-state index contributed by atoms with van der Waals surface area (Å²) >= 11 is 0. The molecule has 0 saturated heterocycles. The van der Waals surface area contributed by atoms with Gasteiger partial charge in [-0.2, -0.15) is 0 Å². The van der Waals surface area contributed by atoms with E-state index >= 15 is 0 Å². The van der Waals surface area contributed by atoms with E-state index in [2.05, 4.69) is 32.2 Å². The Morgan fingerprint density at radius 1 is 1.00 bits per heavy atom. The number of hydrogen-bond acceptors (Lipinski definition) is 8. The molecule has 0 radical (unpaired) electrons. The number of methoxy groups -OCH3 is 1. The molecule has 1 N–H and O–H groups in total. The van der Waals surface area contributed by atoms with E-state index in [1.807, 2.05) is 6.92 Å². The summed E-state index contributed by atoms with van der Waals surface area (Å²) in [5.41, 5.74) is -0.188. The molecule has 45 heavy (non-hydrogen) atoms. The molecule has 2 amide bonds. The maximum absolute atomic E-state index is 14.6. The highest BCUT2D eigenvalue weighted by molar-refractivity contribution is 5.98. The Morgan fingerprint density at radius 2 is 1.71 bits per heavy atom. The average molecular weight is 627 g/mol. The van der Waals surface area contributed by atoms with Crippen LogP contribution in [0.15, 0.2) is 11.6 Å². The summed E-state index contributed by atoms with van der Waals surface area (Å²) in [7, 11) is 1.24. The largest absolute Gasteiger partial charge is 0.468 e. The fraction of sp³-hybridized carbons (Fsp3) is 0.771. The number of allylic oxidation sites excluding steroid dienone is 2. The number of amides is 2. The fourth-order valence-corrected chi connectivity index (χ4v) is 10.7. The Hall–Kier alpha value is -3.04. The minimum atomic E-state index is -0.850. The van der Waals surface area contributed by atoms with Crippen molar-refractivity contribution >= 4 is 35.3 Å². The molecule has 0 heterocycles. The third-order valence-corrected chi connectivity index (χ3v) is 12.4. The van der Waals surface area contributed by atoms with Gasteiger partial charge in [0.05, 0.1) is 13.7 Å². The van der Waals surface area contributed by atoms with Crippen LogP contribution in [-0.4, -0.2) is 73.6 Å². The lowest BCUT2D eigenvalue weighted by atomic mass is 9.33. The molecular weight excluding hydrogens is 576 g/mol. The third kappa shape index (κ3) is 5.43. The van der Waals surface area contributed by atoms with Crippen LogP contribution in [0.5, 0.6) is 0 Å². The maximum Gasteiger partial charge on any atom is 0.325 e. The van der Waals surface area contributed by atoms with E-state index in [0.717, 1.165) is 25.7 Å². The Kier molecular flexibility index (Phi) is 9.10. The first-order valence-electron chi connectivity index (χ1n) is 16.8. The molecule has 0 aromatic carbocycles. The van der Waals surface area contributed by atoms with Crippen molar-refractivity contribution in [2.75, 3.05) is 33.4 Å². The Balaban J connectivity index is 1.46. The highest BCUT2D eigenvalue weighted by Crippen LogP contribution is 2.74. The van der Waals surface area contributed by atoms with E-state index < -0.39 is 28.7 Å². The standard InChI is InChI=1S/C35H50N2O8/c1-7-45-28(41)17-36-27(40)18-37(19-29(42)44-6)32(43)34(5)13-8-12-33(4)25(34)11-14-35-16-22(20(2)3)21(15-26(33)35)30-23(38)9-10-24(39)31(30)35/h16,20-21,25-26,30-31H,7-15,17-19H2,1-6H3,(H,36,40)/t21-,25+,26+,30-,31+,33-,34-,35-/m0/s1. The van der Waals surface area contributed by atoms with Gasteiger partial charge in [-0.1, -0.05) is 45.8 Å². The number of fused-ring (bicyclic) bond motifs is 1. The predicted molar refractivity (Wildman–Crippen MR) is 164 cm³/mol. The molecule has 4 saturated carbocycles. The van der Waals surface area contributed by atoms with Crippen molar-refractivity contribution in [3.63, 3.8) is 0 Å². The molecular formula is C35H50N2O8. The number of rotatable bonds is 9. The van der Waals surface area contributed by atoms with Crippen LogP contribution in [0, 0.1) is 51.8 Å². The number of hydrogen-bond donors (Lipinski definition) is 1. The molecule has 8 atom stereocenters. The lowest BCUT2D eigenvalue weighted by Crippen LogP contribution is -2.68. The second-order valence-electron chi connectivity index (χ2n) is 14.9. The quantitative estimate of drug-likeness (QED) is 0.303. The van der Waals surface area contributed by atoms with Gasteiger partial charge in [-0.05, 0) is 68.1 Å². The fourth-order valence-electron chi connectivity index (χ4n) is 10.7. The summed E-state index contributed by atoms with van der Waals surface area (Å²) in [5, 5.41) is 2.50. The van der Waals surface area contributed by atoms with E-state index in [9.17, 15) is 28.8 Å². The van der Waals surface area contributed by atoms with Gasteiger partial charge >= 0.3 is 11.9 Å². The van der Waals surface area contributed by atoms with E-state index in [0.29, 0.717) is 31.6 Å². The van der Waals surface area contributed by atoms with Gasteiger partial charge in [0.15, 0.2) is 0 Å². The topological polar surface area (TPSA) is 136 Å². The number of Topliss-reactive ketones (excluding diaryl/α,β-unsaturated/α-hetero) is 2. The smallest absolute Gasteiger partial charge is 0.325 e. The van der Waals surface area contributed by atoms with Gasteiger partial charge in [0, 0.05) is 35.5 Å². The van der Waals surface area contributed by atoms with Crippen LogP contribution < -0.4 is 5.32 Å². The van der Waals surface area contributed by atoms with Gasteiger partial charge in [0.1, 0.15) is 31.2 Å². The summed E-state index contributed by atoms with van der Waals surface area (Å²) < 4.78 is 9.77. The van der Waals surface area contributed by atoms with Gasteiger partial charge in [-0.15, -0.1) is 0 Å². The lowest BCUT2D eigenvalue weighted by Gasteiger charge is -2.70. The number of carbonyl (C=O) groups is 6. The van der Waals surface area contributed by atoms with E-state index in [1.54, 1.807) is 6.92 Å². The summed E-state index contributed by atoms with van der Waals surface area (Å²) in [5.74, 6) is -1.63. The Labute approximate surface area is 266 Å². The third-order valence-electron chi connectivity index (χ3n) is 12.4. The first-order chi connectivity index (χ1) is 21.2. The molecule has 4 fully saturated rings. The van der Waals surface area contributed by atoms with Gasteiger partial charge in [0.25, 0.3) is 0 Å². The molecule has 6 aliphatic carbocycles. The van der Waals surface area contributed by atoms with Gasteiger partial charge in [-0.3, -0.25) is 28.8 Å². The molecule has 0 unspecified atom stereocenters. The van der Waals surface area contributed by atoms with E-state index in [1.165, 1.54) is 17.6 Å². The summed E-state index contributed by atoms with van der Waals surface area (Å²) in [6.07, 6.45) is 7.73. The average Bonchev–Trinajstić information content (AvgIpc) is 3.00. The minimum Gasteiger partial charge on any atom is -0.468 e. The van der Waals surface area contributed by atoms with Gasteiger partial charge in [-0.25, -0.2) is 0 Å². The SMILES string of the molecule is CCOC(=O)CNC(=O)CN(CC(=O)OC)C(=O)[C@@]1(C)CCC[C@]2(C)[C@H]3C[C@H]4C(C(C)C)=C[C@]3(CC[C@H]21)[C@@H]1C(=O)CCC(=O)[C@@H]14. The van der Waals surface area contributed by atoms with Crippen LogP contribution in [0.2, 0.25) is 0 Å². The predicted octanol–water partition coefficient (Wildman–Crippen LogP) is 3.66. The van der Waals surface area contributed by atoms with Gasteiger partial charge in [0.2, 0.25) is 11.8 Å². The van der Waals surface area contributed by atoms with Crippen LogP contribution >= 0.6 is 0 Å². The first kappa shape index (κ1) is 33.3. The molecule has 6 aliphatic rings. The second kappa shape index (κ2) is 12.3. The Morgan fingerprint density at radius 3 is 2.38 bits per heavy atom. The van der Waals surface area contributed by atoms with Crippen LogP contribution in [0.25, 0.3) is 0 Å². The number of carbonyl (C=O) groups excluding carboxylic acids is 6. The van der Waals surface area contributed by atoms with Crippen molar-refractivity contribution < 1.29 is 38.2 Å². The molecule has 0 aliphatic heterocycles. The number of nitrogens with zero attached hydrogens (tertiary/aromatic N) is 1. The zero-order chi connectivity index (χ0) is 32.9. The molecule has 6 rings (SSSR count). The van der Waals surface area contributed by atoms with E-state index in [4.69, 9.17) is 9.47 Å². The normalized spacial score (nSPS) is 36.7. The van der Waals surface area contributed by atoms with Crippen LogP contribution in [0.1, 0.15) is 86.0 Å². The number of ketones is 2. The monoisotopic (exact) mass is 626 g/mol. The first-order valence-corrected chi connectivity index (χ1v) is 16.8. The maximum atomic E-state index is 14.6. The molecule has 1 spiro atoms. The summed E-state index contributed by atoms with van der Waals surface area (Å²) in [4.78, 5) is 80.1. The van der Waals surface area contributed by atoms with Crippen LogP contribution in [-0.2, 0) is 38.2 Å². The molecule has 248 valence electrons. The lowest BCUT2D eigenvalue weighted by molar-refractivity contribution is -0.198. The molecule has 10 heteroatoms. The molecule has 10 nitrogen and oxygen atoms in total. The molecule has 2 bridgehead atoms. The zero-order valence-corrected chi connectivity index (χ0v) is 27.7. The molecule has 0 aromatic rings. The molecule has 0 aromatic heterocycles. The highest BCUT2D eigenvalue weighted by Gasteiger charge is 2.71. The van der Waals surface area contributed by atoms with Crippen molar-refractivity contribution in [2.24, 2.45) is 51.8 Å².